The minimum absolute atomic E-state index is 0.855. The Balaban J connectivity index is 1.86. The zero-order valence-corrected chi connectivity index (χ0v) is 9.00. The molecule has 0 saturated carbocycles. The fourth-order valence-corrected chi connectivity index (χ4v) is 2.82. The molecule has 0 unspecified atom stereocenters. The molecule has 2 fully saturated rings. The van der Waals surface area contributed by atoms with Gasteiger partial charge in [-0.15, -0.1) is 0 Å². The van der Waals surface area contributed by atoms with E-state index in [1.54, 1.807) is 0 Å². The van der Waals surface area contributed by atoms with Crippen molar-refractivity contribution in [3.05, 3.63) is 0 Å². The van der Waals surface area contributed by atoms with Gasteiger partial charge in [0.25, 0.3) is 0 Å². The number of hydrogen-bond donors (Lipinski definition) is 0. The van der Waals surface area contributed by atoms with Crippen LogP contribution >= 0.6 is 0 Å². The summed E-state index contributed by atoms with van der Waals surface area (Å²) >= 11 is 0. The van der Waals surface area contributed by atoms with E-state index < -0.39 is 0 Å². The molecule has 0 N–H and O–H groups in total. The van der Waals surface area contributed by atoms with Crippen LogP contribution in [0.15, 0.2) is 0 Å². The molecule has 2 saturated heterocycles. The molecule has 0 aromatic rings. The van der Waals surface area contributed by atoms with Crippen molar-refractivity contribution in [2.24, 2.45) is 0 Å². The fraction of sp³-hybridized carbons (Fsp3) is 1.00. The first-order chi connectivity index (χ1) is 6.27. The Morgan fingerprint density at radius 1 is 1.00 bits per heavy atom. The zero-order valence-electron chi connectivity index (χ0n) is 9.00. The largest absolute Gasteiger partial charge is 0.306 e. The van der Waals surface area contributed by atoms with Crippen molar-refractivity contribution in [1.29, 1.82) is 0 Å². The van der Waals surface area contributed by atoms with Crippen LogP contribution < -0.4 is 0 Å². The quantitative estimate of drug-likeness (QED) is 0.607. The number of likely N-dealkylation sites (tertiary alicyclic amines) is 2. The number of hydrogen-bond acceptors (Lipinski definition) is 2. The second kappa shape index (κ2) is 3.97. The molecule has 13 heavy (non-hydrogen) atoms. The van der Waals surface area contributed by atoms with E-state index in [0.717, 1.165) is 12.1 Å². The van der Waals surface area contributed by atoms with Gasteiger partial charge in [0, 0.05) is 12.1 Å². The molecular weight excluding hydrogens is 160 g/mol. The van der Waals surface area contributed by atoms with Gasteiger partial charge in [-0.2, -0.15) is 0 Å². The van der Waals surface area contributed by atoms with Crippen molar-refractivity contribution < 1.29 is 0 Å². The van der Waals surface area contributed by atoms with Gasteiger partial charge in [-0.1, -0.05) is 0 Å². The van der Waals surface area contributed by atoms with Crippen molar-refractivity contribution in [3.8, 4) is 0 Å². The highest BCUT2D eigenvalue weighted by atomic mass is 15.2. The summed E-state index contributed by atoms with van der Waals surface area (Å²) in [6.07, 6.45) is 5.63. The van der Waals surface area contributed by atoms with Crippen LogP contribution in [0.1, 0.15) is 32.6 Å². The lowest BCUT2D eigenvalue weighted by Crippen LogP contribution is -2.44. The topological polar surface area (TPSA) is 6.48 Å². The smallest absolute Gasteiger partial charge is 0.0122 e. The molecule has 0 radical (unpaired) electrons. The number of nitrogens with zero attached hydrogens (tertiary/aromatic N) is 2. The van der Waals surface area contributed by atoms with Crippen LogP contribution in [-0.2, 0) is 0 Å². The van der Waals surface area contributed by atoms with Crippen LogP contribution in [0.4, 0.5) is 0 Å². The second-order valence-electron chi connectivity index (χ2n) is 4.76. The van der Waals surface area contributed by atoms with E-state index in [1.165, 1.54) is 45.3 Å². The maximum absolute atomic E-state index is 2.74. The predicted molar refractivity (Wildman–Crippen MR) is 55.9 cm³/mol. The molecule has 2 aliphatic heterocycles. The van der Waals surface area contributed by atoms with Crippen molar-refractivity contribution in [2.45, 2.75) is 44.7 Å². The Morgan fingerprint density at radius 3 is 2.23 bits per heavy atom. The predicted octanol–water partition coefficient (Wildman–Crippen LogP) is 1.56. The van der Waals surface area contributed by atoms with Gasteiger partial charge in [-0.05, 0) is 59.3 Å². The van der Waals surface area contributed by atoms with Crippen LogP contribution in [0.3, 0.4) is 0 Å². The van der Waals surface area contributed by atoms with Crippen LogP contribution in [0, 0.1) is 0 Å². The third-order valence-electron chi connectivity index (χ3n) is 3.76. The fourth-order valence-electron chi connectivity index (χ4n) is 2.82. The Morgan fingerprint density at radius 2 is 1.69 bits per heavy atom. The summed E-state index contributed by atoms with van der Waals surface area (Å²) in [6.45, 7) is 6.35. The van der Waals surface area contributed by atoms with E-state index in [2.05, 4.69) is 23.8 Å². The SMILES string of the molecule is C[C@@H]1CCCN1C1CCN(C)CC1. The van der Waals surface area contributed by atoms with E-state index in [9.17, 15) is 0 Å². The number of piperidine rings is 1. The molecule has 0 amide bonds. The molecule has 1 atom stereocenters. The molecule has 2 aliphatic rings. The molecule has 2 heteroatoms. The van der Waals surface area contributed by atoms with E-state index in [4.69, 9.17) is 0 Å². The molecule has 2 nitrogen and oxygen atoms in total. The third kappa shape index (κ3) is 2.05. The molecule has 2 rings (SSSR count). The zero-order chi connectivity index (χ0) is 9.26. The van der Waals surface area contributed by atoms with Gasteiger partial charge in [0.15, 0.2) is 0 Å². The summed E-state index contributed by atoms with van der Waals surface area (Å²) in [5.74, 6) is 0. The molecule has 2 heterocycles. The van der Waals surface area contributed by atoms with Crippen molar-refractivity contribution in [1.82, 2.24) is 9.80 Å². The summed E-state index contributed by atoms with van der Waals surface area (Å²) in [5.41, 5.74) is 0. The highest BCUT2D eigenvalue weighted by Gasteiger charge is 2.29. The molecule has 76 valence electrons. The maximum atomic E-state index is 2.74. The first kappa shape index (κ1) is 9.47. The van der Waals surface area contributed by atoms with Crippen molar-refractivity contribution in [2.75, 3.05) is 26.7 Å². The summed E-state index contributed by atoms with van der Waals surface area (Å²) < 4.78 is 0. The molecule has 0 aliphatic carbocycles. The summed E-state index contributed by atoms with van der Waals surface area (Å²) in [7, 11) is 2.24. The molecule has 0 spiro atoms. The highest BCUT2D eigenvalue weighted by molar-refractivity contribution is 4.85. The first-order valence-electron chi connectivity index (χ1n) is 5.71. The van der Waals surface area contributed by atoms with Gasteiger partial charge < -0.3 is 4.90 Å². The van der Waals surface area contributed by atoms with Gasteiger partial charge in [0.05, 0.1) is 0 Å². The second-order valence-corrected chi connectivity index (χ2v) is 4.76. The molecule has 0 aromatic heterocycles. The Labute approximate surface area is 81.9 Å². The van der Waals surface area contributed by atoms with Crippen LogP contribution in [-0.4, -0.2) is 48.6 Å². The standard InChI is InChI=1S/C11H22N2/c1-10-4-3-7-13(10)11-5-8-12(2)9-6-11/h10-11H,3-9H2,1-2H3/t10-/m1/s1. The van der Waals surface area contributed by atoms with Crippen LogP contribution in [0.2, 0.25) is 0 Å². The van der Waals surface area contributed by atoms with E-state index in [1.807, 2.05) is 0 Å². The summed E-state index contributed by atoms with van der Waals surface area (Å²) in [5, 5.41) is 0. The van der Waals surface area contributed by atoms with Gasteiger partial charge in [-0.3, -0.25) is 4.90 Å². The van der Waals surface area contributed by atoms with Crippen molar-refractivity contribution >= 4 is 0 Å². The van der Waals surface area contributed by atoms with Crippen molar-refractivity contribution in [3.63, 3.8) is 0 Å². The normalized spacial score (nSPS) is 34.2. The lowest BCUT2D eigenvalue weighted by Gasteiger charge is -2.37. The summed E-state index contributed by atoms with van der Waals surface area (Å²) in [6, 6.07) is 1.75. The monoisotopic (exact) mass is 182 g/mol. The first-order valence-corrected chi connectivity index (χ1v) is 5.71. The minimum Gasteiger partial charge on any atom is -0.306 e. The highest BCUT2D eigenvalue weighted by Crippen LogP contribution is 2.24. The summed E-state index contributed by atoms with van der Waals surface area (Å²) in [4.78, 5) is 5.20. The Hall–Kier alpha value is -0.0800. The lowest BCUT2D eigenvalue weighted by atomic mass is 10.0. The van der Waals surface area contributed by atoms with Crippen LogP contribution in [0.5, 0.6) is 0 Å². The van der Waals surface area contributed by atoms with Gasteiger partial charge in [0.2, 0.25) is 0 Å². The number of rotatable bonds is 1. The van der Waals surface area contributed by atoms with Crippen LogP contribution in [0.25, 0.3) is 0 Å². The van der Waals surface area contributed by atoms with E-state index >= 15 is 0 Å². The average molecular weight is 182 g/mol. The average Bonchev–Trinajstić information content (AvgIpc) is 2.53. The Kier molecular flexibility index (Phi) is 2.89. The van der Waals surface area contributed by atoms with E-state index in [0.29, 0.717) is 0 Å². The van der Waals surface area contributed by atoms with Gasteiger partial charge in [-0.25, -0.2) is 0 Å². The third-order valence-corrected chi connectivity index (χ3v) is 3.76. The van der Waals surface area contributed by atoms with E-state index in [-0.39, 0.29) is 0 Å². The molecule has 0 bridgehead atoms. The molecular formula is C11H22N2. The minimum atomic E-state index is 0.855. The Bertz CT molecular complexity index is 161. The maximum Gasteiger partial charge on any atom is 0.0122 e. The van der Waals surface area contributed by atoms with Gasteiger partial charge in [0.1, 0.15) is 0 Å². The van der Waals surface area contributed by atoms with Gasteiger partial charge >= 0.3 is 0 Å². The lowest BCUT2D eigenvalue weighted by molar-refractivity contribution is 0.116. The molecule has 0 aromatic carbocycles.